The van der Waals surface area contributed by atoms with E-state index >= 15 is 0 Å². The number of sulfone groups is 1. The molecule has 82 valence electrons. The van der Waals surface area contributed by atoms with Crippen molar-refractivity contribution in [3.8, 4) is 0 Å². The van der Waals surface area contributed by atoms with E-state index in [1.165, 1.54) is 6.08 Å². The van der Waals surface area contributed by atoms with Crippen molar-refractivity contribution in [2.45, 2.75) is 6.04 Å². The van der Waals surface area contributed by atoms with Gasteiger partial charge in [0, 0.05) is 18.0 Å². The number of rotatable bonds is 4. The number of hydrogen-bond acceptors (Lipinski definition) is 5. The molecule has 0 radical (unpaired) electrons. The van der Waals surface area contributed by atoms with Crippen LogP contribution in [-0.2, 0) is 19.9 Å². The van der Waals surface area contributed by atoms with Gasteiger partial charge in [-0.05, 0) is 0 Å². The topological polar surface area (TPSA) is 106 Å². The highest BCUT2D eigenvalue weighted by Crippen LogP contribution is 2.07. The predicted molar refractivity (Wildman–Crippen MR) is 52.7 cm³/mol. The van der Waals surface area contributed by atoms with Crippen LogP contribution in [0.5, 0.6) is 0 Å². The maximum atomic E-state index is 10.9. The van der Waals surface area contributed by atoms with Crippen molar-refractivity contribution in [1.29, 1.82) is 0 Å². The second-order valence-corrected chi connectivity index (χ2v) is 6.75. The summed E-state index contributed by atoms with van der Waals surface area (Å²) in [5.41, 5.74) is 0. The monoisotopic (exact) mass is 240 g/mol. The molecule has 14 heavy (non-hydrogen) atoms. The van der Waals surface area contributed by atoms with Gasteiger partial charge in [-0.25, -0.2) is 22.0 Å². The zero-order valence-corrected chi connectivity index (χ0v) is 9.01. The highest BCUT2D eigenvalue weighted by Gasteiger charge is 2.20. The van der Waals surface area contributed by atoms with E-state index in [9.17, 15) is 16.8 Å². The molecule has 0 aliphatic carbocycles. The summed E-state index contributed by atoms with van der Waals surface area (Å²) in [4.78, 5) is 0. The third kappa shape index (κ3) is 4.18. The Labute approximate surface area is 83.1 Å². The maximum Gasteiger partial charge on any atom is 0.210 e. The zero-order chi connectivity index (χ0) is 10.8. The molecular formula is C6H12N2O4S2. The van der Waals surface area contributed by atoms with Gasteiger partial charge in [0.25, 0.3) is 0 Å². The van der Waals surface area contributed by atoms with Gasteiger partial charge in [0.05, 0.1) is 11.5 Å². The summed E-state index contributed by atoms with van der Waals surface area (Å²) in [7, 11) is -6.57. The average Bonchev–Trinajstić information content (AvgIpc) is 2.27. The molecule has 0 spiro atoms. The van der Waals surface area contributed by atoms with E-state index in [0.29, 0.717) is 0 Å². The molecule has 1 aliphatic rings. The Hall–Kier alpha value is -0.440. The van der Waals surface area contributed by atoms with Crippen LogP contribution in [0.3, 0.4) is 0 Å². The molecule has 8 heteroatoms. The van der Waals surface area contributed by atoms with Gasteiger partial charge >= 0.3 is 0 Å². The minimum absolute atomic E-state index is 0.0163. The lowest BCUT2D eigenvalue weighted by Crippen LogP contribution is -2.35. The van der Waals surface area contributed by atoms with E-state index in [1.807, 2.05) is 0 Å². The van der Waals surface area contributed by atoms with Crippen molar-refractivity contribution < 1.29 is 16.8 Å². The molecule has 1 aliphatic heterocycles. The van der Waals surface area contributed by atoms with E-state index in [4.69, 9.17) is 5.14 Å². The number of nitrogens with one attached hydrogen (secondary N) is 1. The van der Waals surface area contributed by atoms with Crippen LogP contribution in [0, 0.1) is 0 Å². The molecule has 1 rings (SSSR count). The van der Waals surface area contributed by atoms with E-state index in [0.717, 1.165) is 5.41 Å². The Morgan fingerprint density at radius 2 is 2.14 bits per heavy atom. The average molecular weight is 240 g/mol. The smallest absolute Gasteiger partial charge is 0.210 e. The SMILES string of the molecule is NS(=O)(=O)CCNC1C=CS(=O)(=O)C1. The summed E-state index contributed by atoms with van der Waals surface area (Å²) in [5, 5.41) is 8.66. The summed E-state index contributed by atoms with van der Waals surface area (Å²) in [6, 6.07) is -0.304. The third-order valence-electron chi connectivity index (χ3n) is 1.72. The molecule has 0 amide bonds. The van der Waals surface area contributed by atoms with Gasteiger partial charge in [0.2, 0.25) is 10.0 Å². The largest absolute Gasteiger partial charge is 0.308 e. The van der Waals surface area contributed by atoms with Crippen molar-refractivity contribution in [2.75, 3.05) is 18.1 Å². The van der Waals surface area contributed by atoms with Gasteiger partial charge in [0.15, 0.2) is 9.84 Å². The van der Waals surface area contributed by atoms with Crippen LogP contribution in [0.25, 0.3) is 0 Å². The number of nitrogens with two attached hydrogens (primary N) is 1. The lowest BCUT2D eigenvalue weighted by molar-refractivity contribution is 0.585. The first kappa shape index (κ1) is 11.6. The number of sulfonamides is 1. The Bertz CT molecular complexity index is 423. The molecule has 0 aromatic carbocycles. The summed E-state index contributed by atoms with van der Waals surface area (Å²) in [6.07, 6.45) is 1.50. The van der Waals surface area contributed by atoms with Crippen LogP contribution in [-0.4, -0.2) is 40.9 Å². The fourth-order valence-corrected chi connectivity index (χ4v) is 2.76. The number of hydrogen-bond donors (Lipinski definition) is 2. The standard InChI is InChI=1S/C6H12N2O4S2/c7-14(11,12)4-2-8-6-1-3-13(9,10)5-6/h1,3,6,8H,2,4-5H2,(H2,7,11,12). The molecule has 1 heterocycles. The summed E-state index contributed by atoms with van der Waals surface area (Å²) < 4.78 is 42.9. The van der Waals surface area contributed by atoms with E-state index < -0.39 is 19.9 Å². The first-order valence-electron chi connectivity index (χ1n) is 3.93. The molecule has 6 nitrogen and oxygen atoms in total. The van der Waals surface area contributed by atoms with E-state index in [1.54, 1.807) is 0 Å². The molecule has 1 unspecified atom stereocenters. The molecule has 1 atom stereocenters. The second kappa shape index (κ2) is 3.97. The summed E-state index contributed by atoms with van der Waals surface area (Å²) in [6.45, 7) is 0.156. The summed E-state index contributed by atoms with van der Waals surface area (Å²) in [5.74, 6) is -0.213. The van der Waals surface area contributed by atoms with Gasteiger partial charge in [-0.1, -0.05) is 6.08 Å². The van der Waals surface area contributed by atoms with Crippen LogP contribution in [0.1, 0.15) is 0 Å². The highest BCUT2D eigenvalue weighted by molar-refractivity contribution is 7.94. The molecule has 0 saturated heterocycles. The molecule has 0 fully saturated rings. The minimum Gasteiger partial charge on any atom is -0.308 e. The van der Waals surface area contributed by atoms with Crippen molar-refractivity contribution >= 4 is 19.9 Å². The van der Waals surface area contributed by atoms with Gasteiger partial charge < -0.3 is 5.32 Å². The van der Waals surface area contributed by atoms with E-state index in [2.05, 4.69) is 5.32 Å². The van der Waals surface area contributed by atoms with Gasteiger partial charge in [-0.15, -0.1) is 0 Å². The molecule has 0 saturated carbocycles. The Balaban J connectivity index is 2.33. The van der Waals surface area contributed by atoms with Gasteiger partial charge in [-0.2, -0.15) is 0 Å². The highest BCUT2D eigenvalue weighted by atomic mass is 32.2. The Morgan fingerprint density at radius 1 is 1.50 bits per heavy atom. The second-order valence-electron chi connectivity index (χ2n) is 3.09. The fourth-order valence-electron chi connectivity index (χ4n) is 1.09. The maximum absolute atomic E-state index is 10.9. The van der Waals surface area contributed by atoms with Crippen LogP contribution >= 0.6 is 0 Å². The molecule has 0 bridgehead atoms. The first-order chi connectivity index (χ1) is 6.29. The predicted octanol–water partition coefficient (Wildman–Crippen LogP) is -1.82. The quantitative estimate of drug-likeness (QED) is 0.601. The molecule has 3 N–H and O–H groups in total. The molecule has 0 aromatic rings. The lowest BCUT2D eigenvalue weighted by Gasteiger charge is -2.08. The third-order valence-corrected chi connectivity index (χ3v) is 3.89. The van der Waals surface area contributed by atoms with Gasteiger partial charge in [-0.3, -0.25) is 0 Å². The Kier molecular flexibility index (Phi) is 3.30. The fraction of sp³-hybridized carbons (Fsp3) is 0.667. The van der Waals surface area contributed by atoms with Crippen molar-refractivity contribution in [1.82, 2.24) is 5.32 Å². The van der Waals surface area contributed by atoms with Crippen molar-refractivity contribution in [3.63, 3.8) is 0 Å². The number of primary sulfonamides is 1. The summed E-state index contributed by atoms with van der Waals surface area (Å²) >= 11 is 0. The van der Waals surface area contributed by atoms with E-state index in [-0.39, 0.29) is 24.1 Å². The van der Waals surface area contributed by atoms with Crippen molar-refractivity contribution in [3.05, 3.63) is 11.5 Å². The van der Waals surface area contributed by atoms with Crippen LogP contribution in [0.15, 0.2) is 11.5 Å². The molecular weight excluding hydrogens is 228 g/mol. The van der Waals surface area contributed by atoms with Crippen LogP contribution in [0.4, 0.5) is 0 Å². The normalized spacial score (nSPS) is 25.4. The Morgan fingerprint density at radius 3 is 2.57 bits per heavy atom. The molecule has 0 aromatic heterocycles. The zero-order valence-electron chi connectivity index (χ0n) is 7.38. The minimum atomic E-state index is -3.48. The lowest BCUT2D eigenvalue weighted by atomic mass is 10.3. The van der Waals surface area contributed by atoms with Crippen molar-refractivity contribution in [2.24, 2.45) is 5.14 Å². The van der Waals surface area contributed by atoms with Crippen LogP contribution < -0.4 is 10.5 Å². The van der Waals surface area contributed by atoms with Gasteiger partial charge in [0.1, 0.15) is 0 Å². The first-order valence-corrected chi connectivity index (χ1v) is 7.36. The van der Waals surface area contributed by atoms with Crippen LogP contribution in [0.2, 0.25) is 0 Å².